The van der Waals surface area contributed by atoms with Crippen LogP contribution in [0.25, 0.3) is 0 Å². The van der Waals surface area contributed by atoms with E-state index in [1.54, 1.807) is 30.3 Å². The topological polar surface area (TPSA) is 70.0 Å². The van der Waals surface area contributed by atoms with E-state index < -0.39 is 11.8 Å². The fourth-order valence-electron chi connectivity index (χ4n) is 1.71. The van der Waals surface area contributed by atoms with Crippen LogP contribution in [0.2, 0.25) is 0 Å². The van der Waals surface area contributed by atoms with Crippen molar-refractivity contribution in [3.8, 4) is 6.07 Å². The lowest BCUT2D eigenvalue weighted by atomic mass is 9.99. The number of anilines is 1. The first-order chi connectivity index (χ1) is 9.19. The summed E-state index contributed by atoms with van der Waals surface area (Å²) in [5.41, 5.74) is 0.592. The molecule has 0 radical (unpaired) electrons. The summed E-state index contributed by atoms with van der Waals surface area (Å²) in [6.45, 7) is 2.04. The summed E-state index contributed by atoms with van der Waals surface area (Å²) in [6.07, 6.45) is 2.95. The van der Waals surface area contributed by atoms with Gasteiger partial charge >= 0.3 is 0 Å². The molecule has 1 rings (SSSR count). The van der Waals surface area contributed by atoms with Gasteiger partial charge in [-0.1, -0.05) is 38.0 Å². The third-order valence-electron chi connectivity index (χ3n) is 2.78. The number of para-hydroxylation sites is 1. The lowest BCUT2D eigenvalue weighted by Gasteiger charge is -2.09. The molecule has 1 amide bonds. The lowest BCUT2D eigenvalue weighted by molar-refractivity contribution is -0.128. The van der Waals surface area contributed by atoms with Crippen molar-refractivity contribution in [2.75, 3.05) is 5.32 Å². The maximum absolute atomic E-state index is 11.9. The molecule has 19 heavy (non-hydrogen) atoms. The van der Waals surface area contributed by atoms with E-state index >= 15 is 0 Å². The molecule has 0 fully saturated rings. The van der Waals surface area contributed by atoms with Crippen LogP contribution in [-0.2, 0) is 9.59 Å². The normalized spacial score (nSPS) is 11.4. The minimum Gasteiger partial charge on any atom is -0.325 e. The second-order valence-electron chi connectivity index (χ2n) is 4.34. The zero-order valence-corrected chi connectivity index (χ0v) is 11.1. The molecule has 0 saturated heterocycles. The number of carbonyl (C=O) groups is 2. The number of rotatable bonds is 7. The zero-order valence-electron chi connectivity index (χ0n) is 11.1. The van der Waals surface area contributed by atoms with E-state index in [0.717, 1.165) is 19.3 Å². The van der Waals surface area contributed by atoms with Crippen LogP contribution in [0.15, 0.2) is 30.3 Å². The van der Waals surface area contributed by atoms with Crippen molar-refractivity contribution >= 4 is 17.4 Å². The number of ketones is 1. The van der Waals surface area contributed by atoms with Crippen LogP contribution in [0.3, 0.4) is 0 Å². The smallest absolute Gasteiger partial charge is 0.249 e. The Bertz CT molecular complexity index is 463. The highest BCUT2D eigenvalue weighted by molar-refractivity contribution is 6.09. The van der Waals surface area contributed by atoms with Crippen molar-refractivity contribution in [1.82, 2.24) is 0 Å². The third-order valence-corrected chi connectivity index (χ3v) is 2.78. The molecule has 0 aromatic heterocycles. The summed E-state index contributed by atoms with van der Waals surface area (Å²) < 4.78 is 0. The molecule has 1 aromatic rings. The predicted molar refractivity (Wildman–Crippen MR) is 73.3 cm³/mol. The van der Waals surface area contributed by atoms with E-state index in [-0.39, 0.29) is 12.2 Å². The van der Waals surface area contributed by atoms with Crippen molar-refractivity contribution in [1.29, 1.82) is 5.26 Å². The molecule has 4 heteroatoms. The highest BCUT2D eigenvalue weighted by Crippen LogP contribution is 2.11. The molecule has 0 bridgehead atoms. The first kappa shape index (κ1) is 14.9. The Morgan fingerprint density at radius 1 is 1.26 bits per heavy atom. The fourth-order valence-corrected chi connectivity index (χ4v) is 1.71. The molecule has 0 spiro atoms. The van der Waals surface area contributed by atoms with Gasteiger partial charge in [0.2, 0.25) is 5.91 Å². The monoisotopic (exact) mass is 258 g/mol. The molecule has 0 aliphatic rings. The number of nitriles is 1. The Kier molecular flexibility index (Phi) is 6.31. The summed E-state index contributed by atoms with van der Waals surface area (Å²) in [5, 5.41) is 11.6. The van der Waals surface area contributed by atoms with Crippen LogP contribution in [0, 0.1) is 17.2 Å². The number of hydrogen-bond acceptors (Lipinski definition) is 3. The maximum Gasteiger partial charge on any atom is 0.249 e. The van der Waals surface area contributed by atoms with Crippen LogP contribution in [0.1, 0.15) is 32.6 Å². The molecule has 1 N–H and O–H groups in total. The van der Waals surface area contributed by atoms with Crippen LogP contribution in [0.5, 0.6) is 0 Å². The van der Waals surface area contributed by atoms with Gasteiger partial charge in [-0.25, -0.2) is 0 Å². The van der Waals surface area contributed by atoms with Gasteiger partial charge < -0.3 is 5.32 Å². The first-order valence-corrected chi connectivity index (χ1v) is 6.47. The Morgan fingerprint density at radius 3 is 2.53 bits per heavy atom. The molecule has 100 valence electrons. The number of amides is 1. The molecule has 0 aliphatic carbocycles. The van der Waals surface area contributed by atoms with Crippen molar-refractivity contribution in [3.63, 3.8) is 0 Å². The second kappa shape index (κ2) is 8.04. The van der Waals surface area contributed by atoms with Crippen LogP contribution < -0.4 is 5.32 Å². The Hall–Kier alpha value is -2.15. The number of benzene rings is 1. The largest absolute Gasteiger partial charge is 0.325 e. The molecule has 1 atom stereocenters. The van der Waals surface area contributed by atoms with Crippen molar-refractivity contribution < 1.29 is 9.59 Å². The van der Waals surface area contributed by atoms with E-state index in [4.69, 9.17) is 5.26 Å². The number of unbranched alkanes of at least 4 members (excludes halogenated alkanes) is 2. The van der Waals surface area contributed by atoms with Crippen molar-refractivity contribution in [2.45, 2.75) is 32.6 Å². The van der Waals surface area contributed by atoms with Gasteiger partial charge in [-0.05, 0) is 18.6 Å². The van der Waals surface area contributed by atoms with Crippen LogP contribution in [-0.4, -0.2) is 11.7 Å². The molecule has 0 heterocycles. The number of nitrogens with zero attached hydrogens (tertiary/aromatic N) is 1. The van der Waals surface area contributed by atoms with Crippen LogP contribution in [0.4, 0.5) is 5.69 Å². The number of nitrogens with one attached hydrogen (secondary N) is 1. The summed E-state index contributed by atoms with van der Waals surface area (Å²) in [4.78, 5) is 23.7. The SMILES string of the molecule is CCCCCC(=O)[C@H](C#N)C(=O)Nc1ccccc1. The van der Waals surface area contributed by atoms with E-state index in [1.807, 2.05) is 13.0 Å². The molecule has 0 unspecified atom stereocenters. The van der Waals surface area contributed by atoms with Crippen molar-refractivity contribution in [2.24, 2.45) is 5.92 Å². The quantitative estimate of drug-likeness (QED) is 0.604. The summed E-state index contributed by atoms with van der Waals surface area (Å²) >= 11 is 0. The average Bonchev–Trinajstić information content (AvgIpc) is 2.41. The van der Waals surface area contributed by atoms with Gasteiger partial charge in [0.25, 0.3) is 0 Å². The second-order valence-corrected chi connectivity index (χ2v) is 4.34. The molecular weight excluding hydrogens is 240 g/mol. The van der Waals surface area contributed by atoms with Gasteiger partial charge in [0.1, 0.15) is 0 Å². The average molecular weight is 258 g/mol. The number of Topliss-reactive ketones (excluding diaryl/α,β-unsaturated/α-hetero) is 1. The molecule has 4 nitrogen and oxygen atoms in total. The van der Waals surface area contributed by atoms with E-state index in [0.29, 0.717) is 5.69 Å². The van der Waals surface area contributed by atoms with Crippen molar-refractivity contribution in [3.05, 3.63) is 30.3 Å². The highest BCUT2D eigenvalue weighted by atomic mass is 16.2. The van der Waals surface area contributed by atoms with Gasteiger partial charge in [-0.3, -0.25) is 9.59 Å². The van der Waals surface area contributed by atoms with Gasteiger partial charge in [0.05, 0.1) is 6.07 Å². The molecule has 0 saturated carbocycles. The fraction of sp³-hybridized carbons (Fsp3) is 0.400. The van der Waals surface area contributed by atoms with E-state index in [1.165, 1.54) is 0 Å². The summed E-state index contributed by atoms with van der Waals surface area (Å²) in [6, 6.07) is 10.6. The highest BCUT2D eigenvalue weighted by Gasteiger charge is 2.25. The molecular formula is C15H18N2O2. The number of hydrogen-bond donors (Lipinski definition) is 1. The number of carbonyl (C=O) groups excluding carboxylic acids is 2. The minimum atomic E-state index is -1.21. The Labute approximate surface area is 113 Å². The first-order valence-electron chi connectivity index (χ1n) is 6.47. The predicted octanol–water partition coefficient (Wildman–Crippen LogP) is 2.91. The van der Waals surface area contributed by atoms with Crippen LogP contribution >= 0.6 is 0 Å². The molecule has 0 aliphatic heterocycles. The Balaban J connectivity index is 2.57. The Morgan fingerprint density at radius 2 is 1.95 bits per heavy atom. The summed E-state index contributed by atoms with van der Waals surface area (Å²) in [7, 11) is 0. The summed E-state index contributed by atoms with van der Waals surface area (Å²) in [5.74, 6) is -2.06. The molecule has 1 aromatic carbocycles. The van der Waals surface area contributed by atoms with E-state index in [2.05, 4.69) is 5.32 Å². The van der Waals surface area contributed by atoms with Gasteiger partial charge in [0, 0.05) is 12.1 Å². The van der Waals surface area contributed by atoms with Gasteiger partial charge in [-0.15, -0.1) is 0 Å². The standard InChI is InChI=1S/C15H18N2O2/c1-2-3-5-10-14(18)13(11-16)15(19)17-12-8-6-4-7-9-12/h4,6-9,13H,2-3,5,10H2,1H3,(H,17,19)/t13-/m0/s1. The zero-order chi connectivity index (χ0) is 14.1. The minimum absolute atomic E-state index is 0.286. The van der Waals surface area contributed by atoms with Gasteiger partial charge in [-0.2, -0.15) is 5.26 Å². The van der Waals surface area contributed by atoms with E-state index in [9.17, 15) is 9.59 Å². The maximum atomic E-state index is 11.9. The lowest BCUT2D eigenvalue weighted by Crippen LogP contribution is -2.28. The third kappa shape index (κ3) is 4.92. The van der Waals surface area contributed by atoms with Gasteiger partial charge in [0.15, 0.2) is 11.7 Å².